The number of rotatable bonds is 12. The summed E-state index contributed by atoms with van der Waals surface area (Å²) in [5.41, 5.74) is 0.702. The van der Waals surface area contributed by atoms with Gasteiger partial charge in [0.15, 0.2) is 0 Å². The van der Waals surface area contributed by atoms with E-state index in [0.717, 1.165) is 28.8 Å². The van der Waals surface area contributed by atoms with Gasteiger partial charge >= 0.3 is 6.18 Å². The van der Waals surface area contributed by atoms with Crippen molar-refractivity contribution >= 4 is 39.1 Å². The minimum Gasteiger partial charge on any atom is -0.354 e. The van der Waals surface area contributed by atoms with E-state index in [-0.39, 0.29) is 17.9 Å². The van der Waals surface area contributed by atoms with Crippen LogP contribution in [0.15, 0.2) is 71.6 Å². The highest BCUT2D eigenvalue weighted by molar-refractivity contribution is 7.92. The summed E-state index contributed by atoms with van der Waals surface area (Å²) in [6.07, 6.45) is -4.00. The minimum atomic E-state index is -4.88. The van der Waals surface area contributed by atoms with Crippen molar-refractivity contribution in [2.24, 2.45) is 0 Å². The largest absolute Gasteiger partial charge is 0.417 e. The van der Waals surface area contributed by atoms with Crippen LogP contribution in [0.4, 0.5) is 18.9 Å². The molecule has 0 fully saturated rings. The zero-order chi connectivity index (χ0) is 31.9. The van der Waals surface area contributed by atoms with E-state index in [4.69, 9.17) is 11.6 Å². The standard InChI is InChI=1S/C31H35ClF3N3O4S/c1-5-17-36-30(40)28(6-2)37(19-23-10-8-7-9-22(23)4)29(39)20-38(43(41,42)25-14-11-21(3)12-15-25)24-13-16-27(32)26(18-24)31(33,34)35/h7-16,18,28H,5-6,17,19-20H2,1-4H3,(H,36,40)/t28-/m0/s1. The maximum absolute atomic E-state index is 14.1. The molecule has 0 heterocycles. The molecule has 3 aromatic rings. The van der Waals surface area contributed by atoms with Crippen molar-refractivity contribution in [2.75, 3.05) is 17.4 Å². The first-order valence-corrected chi connectivity index (χ1v) is 15.6. The van der Waals surface area contributed by atoms with E-state index in [0.29, 0.717) is 23.3 Å². The summed E-state index contributed by atoms with van der Waals surface area (Å²) in [5.74, 6) is -1.17. The molecule has 0 aromatic heterocycles. The summed E-state index contributed by atoms with van der Waals surface area (Å²) in [5, 5.41) is 2.18. The predicted octanol–water partition coefficient (Wildman–Crippen LogP) is 6.50. The van der Waals surface area contributed by atoms with Crippen LogP contribution in [0, 0.1) is 13.8 Å². The van der Waals surface area contributed by atoms with Crippen molar-refractivity contribution in [3.63, 3.8) is 0 Å². The third kappa shape index (κ3) is 8.29. The van der Waals surface area contributed by atoms with Crippen molar-refractivity contribution < 1.29 is 31.2 Å². The molecule has 43 heavy (non-hydrogen) atoms. The molecule has 0 spiro atoms. The van der Waals surface area contributed by atoms with E-state index in [1.54, 1.807) is 38.1 Å². The number of nitrogens with zero attached hydrogens (tertiary/aromatic N) is 2. The van der Waals surface area contributed by atoms with Gasteiger partial charge in [0.1, 0.15) is 12.6 Å². The van der Waals surface area contributed by atoms with Crippen molar-refractivity contribution in [1.82, 2.24) is 10.2 Å². The first kappa shape index (κ1) is 33.9. The molecule has 0 bridgehead atoms. The van der Waals surface area contributed by atoms with Crippen LogP contribution in [-0.2, 0) is 32.3 Å². The van der Waals surface area contributed by atoms with Crippen LogP contribution >= 0.6 is 11.6 Å². The molecule has 3 rings (SSSR count). The van der Waals surface area contributed by atoms with Crippen molar-refractivity contribution in [3.05, 3.63) is 94.0 Å². The lowest BCUT2D eigenvalue weighted by Gasteiger charge is -2.33. The maximum atomic E-state index is 14.1. The van der Waals surface area contributed by atoms with Gasteiger partial charge in [0.25, 0.3) is 10.0 Å². The smallest absolute Gasteiger partial charge is 0.354 e. The second kappa shape index (κ2) is 14.3. The molecule has 0 unspecified atom stereocenters. The van der Waals surface area contributed by atoms with Gasteiger partial charge in [0, 0.05) is 13.1 Å². The Morgan fingerprint density at radius 3 is 2.21 bits per heavy atom. The van der Waals surface area contributed by atoms with Gasteiger partial charge in [-0.1, -0.05) is 67.4 Å². The lowest BCUT2D eigenvalue weighted by molar-refractivity contribution is -0.140. The number of benzene rings is 3. The molecule has 0 saturated heterocycles. The highest BCUT2D eigenvalue weighted by Gasteiger charge is 2.37. The van der Waals surface area contributed by atoms with Crippen molar-refractivity contribution in [3.8, 4) is 0 Å². The van der Waals surface area contributed by atoms with E-state index < -0.39 is 56.9 Å². The van der Waals surface area contributed by atoms with Gasteiger partial charge in [0.2, 0.25) is 11.8 Å². The number of sulfonamides is 1. The topological polar surface area (TPSA) is 86.8 Å². The monoisotopic (exact) mass is 637 g/mol. The van der Waals surface area contributed by atoms with Crippen LogP contribution in [0.1, 0.15) is 48.9 Å². The van der Waals surface area contributed by atoms with Crippen molar-refractivity contribution in [2.45, 2.75) is 64.2 Å². The van der Waals surface area contributed by atoms with E-state index in [1.807, 2.05) is 26.0 Å². The average molecular weight is 638 g/mol. The second-order valence-corrected chi connectivity index (χ2v) is 12.4. The fourth-order valence-corrected chi connectivity index (χ4v) is 6.14. The number of aryl methyl sites for hydroxylation is 2. The summed E-state index contributed by atoms with van der Waals surface area (Å²) < 4.78 is 69.9. The van der Waals surface area contributed by atoms with E-state index in [2.05, 4.69) is 5.32 Å². The Kier molecular flexibility index (Phi) is 11.3. The summed E-state index contributed by atoms with van der Waals surface area (Å²) in [6, 6.07) is 14.7. The van der Waals surface area contributed by atoms with Gasteiger partial charge in [-0.3, -0.25) is 13.9 Å². The highest BCUT2D eigenvalue weighted by Crippen LogP contribution is 2.38. The second-order valence-electron chi connectivity index (χ2n) is 10.1. The molecule has 3 aromatic carbocycles. The normalized spacial score (nSPS) is 12.5. The Balaban J connectivity index is 2.15. The van der Waals surface area contributed by atoms with Crippen LogP contribution in [0.3, 0.4) is 0 Å². The first-order chi connectivity index (χ1) is 20.2. The van der Waals surface area contributed by atoms with Gasteiger partial charge in [0.05, 0.1) is 21.2 Å². The molecule has 0 radical (unpaired) electrons. The van der Waals surface area contributed by atoms with Gasteiger partial charge in [-0.25, -0.2) is 8.42 Å². The molecule has 0 aliphatic heterocycles. The third-order valence-electron chi connectivity index (χ3n) is 6.97. The van der Waals surface area contributed by atoms with Crippen LogP contribution in [-0.4, -0.2) is 44.3 Å². The lowest BCUT2D eigenvalue weighted by Crippen LogP contribution is -2.52. The molecule has 1 N–H and O–H groups in total. The fraction of sp³-hybridized carbons (Fsp3) is 0.355. The Labute approximate surface area is 255 Å². The summed E-state index contributed by atoms with van der Waals surface area (Å²) in [7, 11) is -4.55. The zero-order valence-electron chi connectivity index (χ0n) is 24.4. The Bertz CT molecular complexity index is 1550. The number of nitrogens with one attached hydrogen (secondary N) is 1. The molecule has 7 nitrogen and oxygen atoms in total. The highest BCUT2D eigenvalue weighted by atomic mass is 35.5. The number of hydrogen-bond acceptors (Lipinski definition) is 4. The van der Waals surface area contributed by atoms with E-state index in [9.17, 15) is 31.2 Å². The molecular weight excluding hydrogens is 603 g/mol. The van der Waals surface area contributed by atoms with Gasteiger partial charge < -0.3 is 10.2 Å². The number of alkyl halides is 3. The Morgan fingerprint density at radius 1 is 0.977 bits per heavy atom. The van der Waals surface area contributed by atoms with Crippen molar-refractivity contribution in [1.29, 1.82) is 0 Å². The summed E-state index contributed by atoms with van der Waals surface area (Å²) in [6.45, 7) is 6.70. The molecule has 232 valence electrons. The first-order valence-electron chi connectivity index (χ1n) is 13.8. The zero-order valence-corrected chi connectivity index (χ0v) is 26.0. The molecule has 12 heteroatoms. The quantitative estimate of drug-likeness (QED) is 0.246. The number of carbonyl (C=O) groups excluding carboxylic acids is 2. The molecule has 2 amide bonds. The molecule has 0 aliphatic carbocycles. The van der Waals surface area contributed by atoms with E-state index >= 15 is 0 Å². The molecule has 1 atom stereocenters. The third-order valence-corrected chi connectivity index (χ3v) is 9.09. The van der Waals surface area contributed by atoms with Crippen LogP contribution in [0.25, 0.3) is 0 Å². The fourth-order valence-electron chi connectivity index (χ4n) is 4.51. The lowest BCUT2D eigenvalue weighted by atomic mass is 10.1. The van der Waals surface area contributed by atoms with E-state index in [1.165, 1.54) is 17.0 Å². The minimum absolute atomic E-state index is 0.0175. The molecule has 0 aliphatic rings. The van der Waals surface area contributed by atoms with Crippen LogP contribution in [0.5, 0.6) is 0 Å². The number of hydrogen-bond donors (Lipinski definition) is 1. The number of amides is 2. The Morgan fingerprint density at radius 2 is 1.63 bits per heavy atom. The van der Waals surface area contributed by atoms with Gasteiger partial charge in [-0.15, -0.1) is 0 Å². The SMILES string of the molecule is CCCNC(=O)[C@H](CC)N(Cc1ccccc1C)C(=O)CN(c1ccc(Cl)c(C(F)(F)F)c1)S(=O)(=O)c1ccc(C)cc1. The van der Waals surface area contributed by atoms with Gasteiger partial charge in [-0.05, 0) is 68.1 Å². The predicted molar refractivity (Wildman–Crippen MR) is 161 cm³/mol. The van der Waals surface area contributed by atoms with Gasteiger partial charge in [-0.2, -0.15) is 13.2 Å². The van der Waals surface area contributed by atoms with Crippen LogP contribution in [0.2, 0.25) is 5.02 Å². The number of anilines is 1. The van der Waals surface area contributed by atoms with Crippen LogP contribution < -0.4 is 9.62 Å². The number of halogens is 4. The molecule has 0 saturated carbocycles. The molecular formula is C31H35ClF3N3O4S. The summed E-state index contributed by atoms with van der Waals surface area (Å²) in [4.78, 5) is 28.3. The Hall–Kier alpha value is -3.57. The average Bonchev–Trinajstić information content (AvgIpc) is 2.95. The number of carbonyl (C=O) groups is 2. The summed E-state index contributed by atoms with van der Waals surface area (Å²) >= 11 is 5.82. The maximum Gasteiger partial charge on any atom is 0.417 e.